The molecule has 5 heteroatoms. The summed E-state index contributed by atoms with van der Waals surface area (Å²) in [6, 6.07) is 7.75. The summed E-state index contributed by atoms with van der Waals surface area (Å²) < 4.78 is 5.20. The van der Waals surface area contributed by atoms with E-state index in [0.717, 1.165) is 36.1 Å². The van der Waals surface area contributed by atoms with Crippen molar-refractivity contribution in [3.8, 4) is 5.75 Å². The molecule has 0 radical (unpaired) electrons. The fourth-order valence-corrected chi connectivity index (χ4v) is 3.04. The standard InChI is InChI=1S/C20H28N2O3/c1-4-6-15(2)20(24)21-17-9-11-22(12-10-17)19(23)14-16-7-5-8-18(13-16)25-3/h5-8,13,17H,4,9-12,14H2,1-3H3,(H,21,24)/b15-6+. The lowest BCUT2D eigenvalue weighted by Crippen LogP contribution is -2.47. The van der Waals surface area contributed by atoms with E-state index in [0.29, 0.717) is 19.5 Å². The maximum atomic E-state index is 12.5. The lowest BCUT2D eigenvalue weighted by molar-refractivity contribution is -0.131. The molecule has 1 aromatic rings. The minimum absolute atomic E-state index is 0.00278. The molecule has 1 aliphatic heterocycles. The van der Waals surface area contributed by atoms with Crippen LogP contribution in [0.25, 0.3) is 0 Å². The second-order valence-corrected chi connectivity index (χ2v) is 6.45. The van der Waals surface area contributed by atoms with Gasteiger partial charge in [0.15, 0.2) is 0 Å². The number of carbonyl (C=O) groups is 2. The third-order valence-electron chi connectivity index (χ3n) is 4.54. The monoisotopic (exact) mass is 344 g/mol. The molecule has 1 fully saturated rings. The molecule has 5 nitrogen and oxygen atoms in total. The highest BCUT2D eigenvalue weighted by molar-refractivity contribution is 5.92. The van der Waals surface area contributed by atoms with E-state index < -0.39 is 0 Å². The SMILES string of the molecule is CC/C=C(\C)C(=O)NC1CCN(C(=O)Cc2cccc(OC)c2)CC1. The summed E-state index contributed by atoms with van der Waals surface area (Å²) in [4.78, 5) is 26.4. The fraction of sp³-hybridized carbons (Fsp3) is 0.500. The highest BCUT2D eigenvalue weighted by atomic mass is 16.5. The van der Waals surface area contributed by atoms with E-state index in [4.69, 9.17) is 4.74 Å². The molecule has 0 bridgehead atoms. The van der Waals surface area contributed by atoms with Gasteiger partial charge in [-0.2, -0.15) is 0 Å². The molecule has 1 saturated heterocycles. The van der Waals surface area contributed by atoms with Crippen LogP contribution in [0.3, 0.4) is 0 Å². The van der Waals surface area contributed by atoms with Crippen LogP contribution in [-0.4, -0.2) is 43.0 Å². The van der Waals surface area contributed by atoms with E-state index in [9.17, 15) is 9.59 Å². The molecule has 1 aliphatic rings. The maximum Gasteiger partial charge on any atom is 0.246 e. The van der Waals surface area contributed by atoms with Crippen LogP contribution >= 0.6 is 0 Å². The number of nitrogens with zero attached hydrogens (tertiary/aromatic N) is 1. The number of allylic oxidation sites excluding steroid dienone is 1. The molecule has 0 aliphatic carbocycles. The minimum Gasteiger partial charge on any atom is -0.497 e. The largest absolute Gasteiger partial charge is 0.497 e. The Labute approximate surface area is 150 Å². The van der Waals surface area contributed by atoms with Crippen LogP contribution in [0.4, 0.5) is 0 Å². The van der Waals surface area contributed by atoms with Crippen LogP contribution < -0.4 is 10.1 Å². The Kier molecular flexibility index (Phi) is 7.04. The van der Waals surface area contributed by atoms with Gasteiger partial charge in [-0.25, -0.2) is 0 Å². The zero-order chi connectivity index (χ0) is 18.2. The molecule has 25 heavy (non-hydrogen) atoms. The number of hydrogen-bond donors (Lipinski definition) is 1. The van der Waals surface area contributed by atoms with Crippen molar-refractivity contribution in [3.05, 3.63) is 41.5 Å². The van der Waals surface area contributed by atoms with Crippen molar-refractivity contribution in [1.82, 2.24) is 10.2 Å². The average molecular weight is 344 g/mol. The number of benzene rings is 1. The zero-order valence-corrected chi connectivity index (χ0v) is 15.4. The van der Waals surface area contributed by atoms with Crippen molar-refractivity contribution in [2.45, 2.75) is 45.6 Å². The van der Waals surface area contributed by atoms with Crippen molar-refractivity contribution in [2.24, 2.45) is 0 Å². The minimum atomic E-state index is 0.00278. The summed E-state index contributed by atoms with van der Waals surface area (Å²) in [6.45, 7) is 5.23. The Morgan fingerprint density at radius 2 is 2.04 bits per heavy atom. The van der Waals surface area contributed by atoms with Crippen LogP contribution in [0.1, 0.15) is 38.7 Å². The molecule has 1 aromatic carbocycles. The predicted molar refractivity (Wildman–Crippen MR) is 98.5 cm³/mol. The first-order valence-corrected chi connectivity index (χ1v) is 8.91. The summed E-state index contributed by atoms with van der Waals surface area (Å²) in [6.07, 6.45) is 4.77. The molecule has 0 atom stereocenters. The third-order valence-corrected chi connectivity index (χ3v) is 4.54. The first-order valence-electron chi connectivity index (χ1n) is 8.91. The molecular formula is C20H28N2O3. The van der Waals surface area contributed by atoms with Crippen LogP contribution in [0.15, 0.2) is 35.9 Å². The van der Waals surface area contributed by atoms with Gasteiger partial charge in [0.25, 0.3) is 0 Å². The maximum absolute atomic E-state index is 12.5. The van der Waals surface area contributed by atoms with Crippen LogP contribution in [0.2, 0.25) is 0 Å². The second-order valence-electron chi connectivity index (χ2n) is 6.45. The van der Waals surface area contributed by atoms with Gasteiger partial charge in [-0.1, -0.05) is 25.1 Å². The number of methoxy groups -OCH3 is 1. The number of nitrogens with one attached hydrogen (secondary N) is 1. The average Bonchev–Trinajstić information content (AvgIpc) is 2.62. The summed E-state index contributed by atoms with van der Waals surface area (Å²) >= 11 is 0. The van der Waals surface area contributed by atoms with Crippen LogP contribution in [0.5, 0.6) is 5.75 Å². The highest BCUT2D eigenvalue weighted by Gasteiger charge is 2.24. The van der Waals surface area contributed by atoms with Gasteiger partial charge in [-0.3, -0.25) is 9.59 Å². The van der Waals surface area contributed by atoms with Crippen LogP contribution in [0, 0.1) is 0 Å². The van der Waals surface area contributed by atoms with E-state index in [1.807, 2.05) is 49.1 Å². The summed E-state index contributed by atoms with van der Waals surface area (Å²) in [5, 5.41) is 3.07. The molecule has 136 valence electrons. The molecule has 0 aromatic heterocycles. The highest BCUT2D eigenvalue weighted by Crippen LogP contribution is 2.16. The lowest BCUT2D eigenvalue weighted by Gasteiger charge is -2.32. The summed E-state index contributed by atoms with van der Waals surface area (Å²) in [7, 11) is 1.62. The zero-order valence-electron chi connectivity index (χ0n) is 15.4. The predicted octanol–water partition coefficient (Wildman–Crippen LogP) is 2.70. The smallest absolute Gasteiger partial charge is 0.246 e. The molecule has 1 N–H and O–H groups in total. The molecular weight excluding hydrogens is 316 g/mol. The molecule has 2 amide bonds. The van der Waals surface area contributed by atoms with E-state index in [1.165, 1.54) is 0 Å². The lowest BCUT2D eigenvalue weighted by atomic mass is 10.0. The number of carbonyl (C=O) groups excluding carboxylic acids is 2. The number of ether oxygens (including phenoxy) is 1. The van der Waals surface area contributed by atoms with Crippen molar-refractivity contribution in [2.75, 3.05) is 20.2 Å². The van der Waals surface area contributed by atoms with Crippen molar-refractivity contribution in [3.63, 3.8) is 0 Å². The van der Waals surface area contributed by atoms with E-state index in [2.05, 4.69) is 5.32 Å². The first-order chi connectivity index (χ1) is 12.0. The topological polar surface area (TPSA) is 58.6 Å². The Balaban J connectivity index is 1.82. The number of amides is 2. The second kappa shape index (κ2) is 9.25. The van der Waals surface area contributed by atoms with E-state index >= 15 is 0 Å². The molecule has 0 saturated carbocycles. The quantitative estimate of drug-likeness (QED) is 0.807. The van der Waals surface area contributed by atoms with E-state index in [1.54, 1.807) is 7.11 Å². The molecule has 2 rings (SSSR count). The number of piperidine rings is 1. The summed E-state index contributed by atoms with van der Waals surface area (Å²) in [5.41, 5.74) is 1.72. The first kappa shape index (κ1) is 19.0. The fourth-order valence-electron chi connectivity index (χ4n) is 3.04. The van der Waals surface area contributed by atoms with Gasteiger partial charge in [0, 0.05) is 24.7 Å². The van der Waals surface area contributed by atoms with Gasteiger partial charge in [0.2, 0.25) is 11.8 Å². The van der Waals surface area contributed by atoms with Crippen LogP contribution in [-0.2, 0) is 16.0 Å². The Hall–Kier alpha value is -2.30. The van der Waals surface area contributed by atoms with Gasteiger partial charge >= 0.3 is 0 Å². The van der Waals surface area contributed by atoms with Gasteiger partial charge in [0.1, 0.15) is 5.75 Å². The number of hydrogen-bond acceptors (Lipinski definition) is 3. The Bertz CT molecular complexity index is 632. The van der Waals surface area contributed by atoms with Crippen molar-refractivity contribution in [1.29, 1.82) is 0 Å². The number of likely N-dealkylation sites (tertiary alicyclic amines) is 1. The molecule has 1 heterocycles. The summed E-state index contributed by atoms with van der Waals surface area (Å²) in [5.74, 6) is 0.894. The van der Waals surface area contributed by atoms with Gasteiger partial charge < -0.3 is 15.0 Å². The third kappa shape index (κ3) is 5.62. The Morgan fingerprint density at radius 1 is 1.32 bits per heavy atom. The van der Waals surface area contributed by atoms with Gasteiger partial charge in [-0.15, -0.1) is 0 Å². The van der Waals surface area contributed by atoms with E-state index in [-0.39, 0.29) is 17.9 Å². The van der Waals surface area contributed by atoms with Gasteiger partial charge in [-0.05, 0) is 43.9 Å². The van der Waals surface area contributed by atoms with Crippen molar-refractivity contribution < 1.29 is 14.3 Å². The Morgan fingerprint density at radius 3 is 2.68 bits per heavy atom. The normalized spacial score (nSPS) is 15.8. The van der Waals surface area contributed by atoms with Crippen molar-refractivity contribution >= 4 is 11.8 Å². The molecule has 0 unspecified atom stereocenters. The molecule has 0 spiro atoms. The number of rotatable bonds is 6. The van der Waals surface area contributed by atoms with Gasteiger partial charge in [0.05, 0.1) is 13.5 Å².